The Hall–Kier alpha value is -2.24. The summed E-state index contributed by atoms with van der Waals surface area (Å²) >= 11 is 12.2. The van der Waals surface area contributed by atoms with E-state index in [0.717, 1.165) is 27.8 Å². The molecule has 0 aliphatic carbocycles. The molecule has 2 heterocycles. The molecule has 0 radical (unpaired) electrons. The lowest BCUT2D eigenvalue weighted by Gasteiger charge is -2.09. The van der Waals surface area contributed by atoms with Gasteiger partial charge in [0.05, 0.1) is 0 Å². The predicted molar refractivity (Wildman–Crippen MR) is 89.4 cm³/mol. The molecule has 1 aromatic heterocycles. The van der Waals surface area contributed by atoms with Crippen LogP contribution in [0, 0.1) is 0 Å². The summed E-state index contributed by atoms with van der Waals surface area (Å²) in [6.07, 6.45) is 0. The van der Waals surface area contributed by atoms with Gasteiger partial charge >= 0.3 is 0 Å². The Morgan fingerprint density at radius 3 is 2.74 bits per heavy atom. The van der Waals surface area contributed by atoms with Crippen molar-refractivity contribution >= 4 is 39.8 Å². The second-order valence-electron chi connectivity index (χ2n) is 5.07. The average Bonchev–Trinajstić information content (AvgIpc) is 3.02. The van der Waals surface area contributed by atoms with Crippen LogP contribution in [0.4, 0.5) is 5.82 Å². The number of benzene rings is 2. The molecule has 0 unspecified atom stereocenters. The summed E-state index contributed by atoms with van der Waals surface area (Å²) in [4.78, 5) is 0. The predicted octanol–water partition coefficient (Wildman–Crippen LogP) is 4.28. The molecule has 1 N–H and O–H groups in total. The van der Waals surface area contributed by atoms with Crippen LogP contribution >= 0.6 is 23.2 Å². The van der Waals surface area contributed by atoms with Gasteiger partial charge in [-0.3, -0.25) is 0 Å². The molecule has 4 rings (SSSR count). The van der Waals surface area contributed by atoms with Crippen molar-refractivity contribution in [1.29, 1.82) is 0 Å². The normalized spacial score (nSPS) is 12.6. The zero-order valence-electron chi connectivity index (χ0n) is 11.8. The Morgan fingerprint density at radius 1 is 0.957 bits per heavy atom. The molecule has 0 atom stereocenters. The highest BCUT2D eigenvalue weighted by Crippen LogP contribution is 2.33. The second-order valence-corrected chi connectivity index (χ2v) is 5.86. The van der Waals surface area contributed by atoms with Crippen LogP contribution in [0.3, 0.4) is 0 Å². The van der Waals surface area contributed by atoms with Crippen LogP contribution in [0.5, 0.6) is 11.5 Å². The lowest BCUT2D eigenvalue weighted by atomic mass is 10.1. The van der Waals surface area contributed by atoms with Crippen molar-refractivity contribution in [3.05, 3.63) is 52.1 Å². The SMILES string of the molecule is Clc1ccc2c(Cl)nnc(NCc3ccc4c(c3)OCO4)c2c1. The van der Waals surface area contributed by atoms with Crippen molar-refractivity contribution < 1.29 is 9.47 Å². The van der Waals surface area contributed by atoms with Gasteiger partial charge < -0.3 is 14.8 Å². The van der Waals surface area contributed by atoms with Gasteiger partial charge in [-0.25, -0.2) is 0 Å². The molecule has 3 aromatic rings. The van der Waals surface area contributed by atoms with Gasteiger partial charge in [0, 0.05) is 22.3 Å². The maximum Gasteiger partial charge on any atom is 0.231 e. The van der Waals surface area contributed by atoms with E-state index in [4.69, 9.17) is 32.7 Å². The molecule has 5 nitrogen and oxygen atoms in total. The molecule has 23 heavy (non-hydrogen) atoms. The first-order chi connectivity index (χ1) is 11.2. The van der Waals surface area contributed by atoms with Crippen LogP contribution in [-0.4, -0.2) is 17.0 Å². The molecule has 0 bridgehead atoms. The standard InChI is InChI=1S/C16H11Cl2N3O2/c17-10-2-3-11-12(6-10)16(21-20-15(11)18)19-7-9-1-4-13-14(5-9)23-8-22-13/h1-6H,7-8H2,(H,19,21). The molecular formula is C16H11Cl2N3O2. The zero-order valence-corrected chi connectivity index (χ0v) is 13.4. The summed E-state index contributed by atoms with van der Waals surface area (Å²) in [6, 6.07) is 11.2. The van der Waals surface area contributed by atoms with E-state index in [9.17, 15) is 0 Å². The topological polar surface area (TPSA) is 56.3 Å². The van der Waals surface area contributed by atoms with Gasteiger partial charge in [0.15, 0.2) is 22.5 Å². The van der Waals surface area contributed by atoms with Gasteiger partial charge in [-0.1, -0.05) is 29.3 Å². The van der Waals surface area contributed by atoms with Crippen LogP contribution in [-0.2, 0) is 6.54 Å². The first kappa shape index (κ1) is 14.4. The largest absolute Gasteiger partial charge is 0.454 e. The van der Waals surface area contributed by atoms with E-state index >= 15 is 0 Å². The average molecular weight is 348 g/mol. The smallest absolute Gasteiger partial charge is 0.231 e. The number of anilines is 1. The van der Waals surface area contributed by atoms with E-state index in [-0.39, 0.29) is 6.79 Å². The number of halogens is 2. The summed E-state index contributed by atoms with van der Waals surface area (Å²) in [5, 5.41) is 14.0. The van der Waals surface area contributed by atoms with E-state index in [1.807, 2.05) is 30.3 Å². The summed E-state index contributed by atoms with van der Waals surface area (Å²) in [5.74, 6) is 2.14. The lowest BCUT2D eigenvalue weighted by Crippen LogP contribution is -2.03. The summed E-state index contributed by atoms with van der Waals surface area (Å²) in [6.45, 7) is 0.826. The zero-order chi connectivity index (χ0) is 15.8. The number of rotatable bonds is 3. The molecule has 0 saturated heterocycles. The molecule has 0 amide bonds. The minimum Gasteiger partial charge on any atom is -0.454 e. The Balaban J connectivity index is 1.63. The maximum absolute atomic E-state index is 6.09. The lowest BCUT2D eigenvalue weighted by molar-refractivity contribution is 0.174. The van der Waals surface area contributed by atoms with Crippen LogP contribution < -0.4 is 14.8 Å². The summed E-state index contributed by atoms with van der Waals surface area (Å²) in [5.41, 5.74) is 1.04. The van der Waals surface area contributed by atoms with E-state index in [0.29, 0.717) is 22.5 Å². The van der Waals surface area contributed by atoms with Crippen molar-refractivity contribution in [3.8, 4) is 11.5 Å². The van der Waals surface area contributed by atoms with Crippen molar-refractivity contribution in [1.82, 2.24) is 10.2 Å². The van der Waals surface area contributed by atoms with Gasteiger partial charge in [-0.15, -0.1) is 10.2 Å². The first-order valence-electron chi connectivity index (χ1n) is 6.94. The highest BCUT2D eigenvalue weighted by Gasteiger charge is 2.14. The van der Waals surface area contributed by atoms with Crippen molar-refractivity contribution in [2.45, 2.75) is 6.54 Å². The van der Waals surface area contributed by atoms with Crippen LogP contribution in [0.1, 0.15) is 5.56 Å². The fraction of sp³-hybridized carbons (Fsp3) is 0.125. The Kier molecular flexibility index (Phi) is 3.59. The van der Waals surface area contributed by atoms with Crippen LogP contribution in [0.25, 0.3) is 10.8 Å². The number of hydrogen-bond donors (Lipinski definition) is 1. The molecule has 0 spiro atoms. The third kappa shape index (κ3) is 2.73. The number of fused-ring (bicyclic) bond motifs is 2. The Morgan fingerprint density at radius 2 is 1.83 bits per heavy atom. The van der Waals surface area contributed by atoms with Crippen molar-refractivity contribution in [2.75, 3.05) is 12.1 Å². The Labute approximate surface area is 142 Å². The molecule has 7 heteroatoms. The van der Waals surface area contributed by atoms with Gasteiger partial charge in [0.25, 0.3) is 0 Å². The van der Waals surface area contributed by atoms with E-state index in [2.05, 4.69) is 15.5 Å². The van der Waals surface area contributed by atoms with Crippen molar-refractivity contribution in [3.63, 3.8) is 0 Å². The van der Waals surface area contributed by atoms with Gasteiger partial charge in [-0.2, -0.15) is 0 Å². The highest BCUT2D eigenvalue weighted by atomic mass is 35.5. The van der Waals surface area contributed by atoms with Gasteiger partial charge in [0.2, 0.25) is 6.79 Å². The third-order valence-corrected chi connectivity index (χ3v) is 4.11. The number of hydrogen-bond acceptors (Lipinski definition) is 5. The maximum atomic E-state index is 6.09. The van der Waals surface area contributed by atoms with Crippen LogP contribution in [0.2, 0.25) is 10.2 Å². The van der Waals surface area contributed by atoms with Gasteiger partial charge in [0.1, 0.15) is 0 Å². The summed E-state index contributed by atoms with van der Waals surface area (Å²) in [7, 11) is 0. The van der Waals surface area contributed by atoms with Crippen molar-refractivity contribution in [2.24, 2.45) is 0 Å². The molecule has 116 valence electrons. The highest BCUT2D eigenvalue weighted by molar-refractivity contribution is 6.35. The minimum atomic E-state index is 0.262. The third-order valence-electron chi connectivity index (χ3n) is 3.59. The fourth-order valence-electron chi connectivity index (χ4n) is 2.46. The molecular weight excluding hydrogens is 337 g/mol. The van der Waals surface area contributed by atoms with E-state index in [1.54, 1.807) is 6.07 Å². The number of nitrogens with one attached hydrogen (secondary N) is 1. The quantitative estimate of drug-likeness (QED) is 0.766. The molecule has 1 aliphatic heterocycles. The number of nitrogens with zero attached hydrogens (tertiary/aromatic N) is 2. The molecule has 1 aliphatic rings. The monoisotopic (exact) mass is 347 g/mol. The summed E-state index contributed by atoms with van der Waals surface area (Å²) < 4.78 is 10.7. The molecule has 0 fully saturated rings. The second kappa shape index (κ2) is 5.76. The Bertz CT molecular complexity index is 902. The molecule has 0 saturated carbocycles. The number of ether oxygens (including phenoxy) is 2. The van der Waals surface area contributed by atoms with Gasteiger partial charge in [-0.05, 0) is 35.9 Å². The van der Waals surface area contributed by atoms with E-state index < -0.39 is 0 Å². The first-order valence-corrected chi connectivity index (χ1v) is 7.70. The van der Waals surface area contributed by atoms with E-state index in [1.165, 1.54) is 0 Å². The minimum absolute atomic E-state index is 0.262. The number of aromatic nitrogens is 2. The van der Waals surface area contributed by atoms with Crippen LogP contribution in [0.15, 0.2) is 36.4 Å². The fourth-order valence-corrected chi connectivity index (χ4v) is 2.84. The molecule has 2 aromatic carbocycles.